The van der Waals surface area contributed by atoms with E-state index >= 15 is 0 Å². The first-order valence-corrected chi connectivity index (χ1v) is 7.00. The van der Waals surface area contributed by atoms with Gasteiger partial charge >= 0.3 is 0 Å². The molecule has 20 heavy (non-hydrogen) atoms. The quantitative estimate of drug-likeness (QED) is 0.901. The highest BCUT2D eigenvalue weighted by Crippen LogP contribution is 2.31. The summed E-state index contributed by atoms with van der Waals surface area (Å²) < 4.78 is 5.74. The maximum atomic E-state index is 6.18. The van der Waals surface area contributed by atoms with Crippen molar-refractivity contribution in [1.82, 2.24) is 10.3 Å². The molecular weight excluding hydrogens is 295 g/mol. The minimum Gasteiger partial charge on any atom is -0.438 e. The van der Waals surface area contributed by atoms with E-state index in [9.17, 15) is 0 Å². The average Bonchev–Trinajstić information content (AvgIpc) is 2.39. The fraction of sp³-hybridized carbons (Fsp3) is 0.267. The van der Waals surface area contributed by atoms with E-state index in [1.165, 1.54) is 0 Å². The molecule has 1 N–H and O–H groups in total. The van der Waals surface area contributed by atoms with Gasteiger partial charge in [-0.1, -0.05) is 23.2 Å². The van der Waals surface area contributed by atoms with Gasteiger partial charge in [0.2, 0.25) is 5.88 Å². The Morgan fingerprint density at radius 1 is 1.15 bits per heavy atom. The lowest BCUT2D eigenvalue weighted by atomic mass is 10.1. The second kappa shape index (κ2) is 6.44. The third-order valence-corrected chi connectivity index (χ3v) is 3.74. The highest BCUT2D eigenvalue weighted by atomic mass is 35.5. The summed E-state index contributed by atoms with van der Waals surface area (Å²) in [6.45, 7) is 4.59. The van der Waals surface area contributed by atoms with E-state index in [1.807, 2.05) is 39.1 Å². The molecule has 0 fully saturated rings. The number of nitrogens with zero attached hydrogens (tertiary/aromatic N) is 1. The van der Waals surface area contributed by atoms with Crippen LogP contribution in [0.1, 0.15) is 16.7 Å². The topological polar surface area (TPSA) is 34.2 Å². The van der Waals surface area contributed by atoms with Crippen molar-refractivity contribution in [2.75, 3.05) is 7.05 Å². The van der Waals surface area contributed by atoms with Crippen LogP contribution in [0.3, 0.4) is 0 Å². The standard InChI is InChI=1S/C15H16Cl2N2O/c1-9-4-12(5-10(2)14(9)17)20-15-13(16)6-11(7-18-3)8-19-15/h4-6,8,18H,7H2,1-3H3. The summed E-state index contributed by atoms with van der Waals surface area (Å²) in [6, 6.07) is 5.58. The number of benzene rings is 1. The zero-order valence-electron chi connectivity index (χ0n) is 11.6. The number of ether oxygens (including phenoxy) is 1. The Bertz CT molecular complexity index is 606. The zero-order chi connectivity index (χ0) is 14.7. The number of nitrogens with one attached hydrogen (secondary N) is 1. The number of halogens is 2. The lowest BCUT2D eigenvalue weighted by Gasteiger charge is -2.10. The normalized spacial score (nSPS) is 10.7. The Balaban J connectivity index is 2.26. The van der Waals surface area contributed by atoms with Crippen LogP contribution in [-0.2, 0) is 6.54 Å². The van der Waals surface area contributed by atoms with Crippen molar-refractivity contribution < 1.29 is 4.74 Å². The average molecular weight is 311 g/mol. The number of aromatic nitrogens is 1. The predicted molar refractivity (Wildman–Crippen MR) is 83.0 cm³/mol. The molecule has 2 rings (SSSR count). The number of hydrogen-bond acceptors (Lipinski definition) is 3. The summed E-state index contributed by atoms with van der Waals surface area (Å²) in [5, 5.41) is 4.29. The van der Waals surface area contributed by atoms with E-state index in [0.29, 0.717) is 23.2 Å². The maximum absolute atomic E-state index is 6.18. The summed E-state index contributed by atoms with van der Waals surface area (Å²) in [5.41, 5.74) is 2.93. The summed E-state index contributed by atoms with van der Waals surface area (Å²) >= 11 is 12.3. The molecule has 0 saturated heterocycles. The molecule has 1 heterocycles. The minimum atomic E-state index is 0.396. The largest absolute Gasteiger partial charge is 0.438 e. The van der Waals surface area contributed by atoms with Crippen molar-refractivity contribution in [2.24, 2.45) is 0 Å². The molecule has 0 aliphatic rings. The van der Waals surface area contributed by atoms with Crippen molar-refractivity contribution in [1.29, 1.82) is 0 Å². The molecule has 5 heteroatoms. The summed E-state index contributed by atoms with van der Waals surface area (Å²) in [7, 11) is 1.87. The van der Waals surface area contributed by atoms with Gasteiger partial charge in [0.05, 0.1) is 0 Å². The highest BCUT2D eigenvalue weighted by Gasteiger charge is 2.09. The first-order valence-electron chi connectivity index (χ1n) is 6.25. The van der Waals surface area contributed by atoms with Crippen molar-refractivity contribution in [3.05, 3.63) is 51.1 Å². The Morgan fingerprint density at radius 2 is 1.80 bits per heavy atom. The summed E-state index contributed by atoms with van der Waals surface area (Å²) in [6.07, 6.45) is 1.74. The van der Waals surface area contributed by atoms with Gasteiger partial charge in [0.25, 0.3) is 0 Å². The van der Waals surface area contributed by atoms with Crippen LogP contribution in [0.4, 0.5) is 0 Å². The Labute approximate surface area is 128 Å². The SMILES string of the molecule is CNCc1cnc(Oc2cc(C)c(Cl)c(C)c2)c(Cl)c1. The first-order chi connectivity index (χ1) is 9.51. The van der Waals surface area contributed by atoms with Gasteiger partial charge in [-0.3, -0.25) is 0 Å². The Morgan fingerprint density at radius 3 is 2.35 bits per heavy atom. The van der Waals surface area contributed by atoms with Gasteiger partial charge in [-0.2, -0.15) is 0 Å². The van der Waals surface area contributed by atoms with Crippen LogP contribution < -0.4 is 10.1 Å². The highest BCUT2D eigenvalue weighted by molar-refractivity contribution is 6.32. The van der Waals surface area contributed by atoms with Crippen LogP contribution >= 0.6 is 23.2 Å². The molecule has 106 valence electrons. The molecule has 0 aliphatic heterocycles. The molecule has 3 nitrogen and oxygen atoms in total. The van der Waals surface area contributed by atoms with Gasteiger partial charge in [0, 0.05) is 17.8 Å². The smallest absolute Gasteiger partial charge is 0.238 e. The van der Waals surface area contributed by atoms with E-state index < -0.39 is 0 Å². The van der Waals surface area contributed by atoms with E-state index in [2.05, 4.69) is 10.3 Å². The van der Waals surface area contributed by atoms with Gasteiger partial charge < -0.3 is 10.1 Å². The number of hydrogen-bond donors (Lipinski definition) is 1. The first kappa shape index (κ1) is 15.1. The molecule has 0 amide bonds. The molecule has 0 aliphatic carbocycles. The second-order valence-corrected chi connectivity index (χ2v) is 5.42. The zero-order valence-corrected chi connectivity index (χ0v) is 13.1. The maximum Gasteiger partial charge on any atom is 0.238 e. The summed E-state index contributed by atoms with van der Waals surface area (Å²) in [4.78, 5) is 4.25. The van der Waals surface area contributed by atoms with E-state index in [-0.39, 0.29) is 0 Å². The van der Waals surface area contributed by atoms with Crippen LogP contribution in [0.15, 0.2) is 24.4 Å². The van der Waals surface area contributed by atoms with Crippen molar-refractivity contribution in [3.63, 3.8) is 0 Å². The lowest BCUT2D eigenvalue weighted by Crippen LogP contribution is -2.05. The molecular formula is C15H16Cl2N2O. The third-order valence-electron chi connectivity index (χ3n) is 2.87. The number of aryl methyl sites for hydroxylation is 2. The van der Waals surface area contributed by atoms with E-state index in [0.717, 1.165) is 21.7 Å². The van der Waals surface area contributed by atoms with Gasteiger partial charge in [0.15, 0.2) is 0 Å². The molecule has 2 aromatic rings. The predicted octanol–water partition coefficient (Wildman–Crippen LogP) is 4.52. The van der Waals surface area contributed by atoms with Gasteiger partial charge in [0.1, 0.15) is 10.8 Å². The van der Waals surface area contributed by atoms with E-state index in [4.69, 9.17) is 27.9 Å². The second-order valence-electron chi connectivity index (χ2n) is 4.63. The number of pyridine rings is 1. The number of rotatable bonds is 4. The molecule has 0 atom stereocenters. The van der Waals surface area contributed by atoms with Gasteiger partial charge in [-0.25, -0.2) is 4.98 Å². The van der Waals surface area contributed by atoms with Crippen LogP contribution in [0.5, 0.6) is 11.6 Å². The fourth-order valence-corrected chi connectivity index (χ4v) is 2.25. The van der Waals surface area contributed by atoms with Gasteiger partial charge in [-0.15, -0.1) is 0 Å². The van der Waals surface area contributed by atoms with Gasteiger partial charge in [-0.05, 0) is 55.8 Å². The lowest BCUT2D eigenvalue weighted by molar-refractivity contribution is 0.462. The minimum absolute atomic E-state index is 0.396. The molecule has 0 saturated carbocycles. The molecule has 1 aromatic heterocycles. The molecule has 0 radical (unpaired) electrons. The van der Waals surface area contributed by atoms with Crippen molar-refractivity contribution in [2.45, 2.75) is 20.4 Å². The van der Waals surface area contributed by atoms with Crippen molar-refractivity contribution >= 4 is 23.2 Å². The molecule has 0 bridgehead atoms. The molecule has 0 spiro atoms. The van der Waals surface area contributed by atoms with Crippen molar-refractivity contribution in [3.8, 4) is 11.6 Å². The third kappa shape index (κ3) is 3.42. The Hall–Kier alpha value is -1.29. The monoisotopic (exact) mass is 310 g/mol. The fourth-order valence-electron chi connectivity index (χ4n) is 1.92. The van der Waals surface area contributed by atoms with Crippen LogP contribution in [-0.4, -0.2) is 12.0 Å². The van der Waals surface area contributed by atoms with Crippen LogP contribution in [0.2, 0.25) is 10.0 Å². The summed E-state index contributed by atoms with van der Waals surface area (Å²) in [5.74, 6) is 1.08. The van der Waals surface area contributed by atoms with Crippen LogP contribution in [0.25, 0.3) is 0 Å². The van der Waals surface area contributed by atoms with Crippen LogP contribution in [0, 0.1) is 13.8 Å². The molecule has 0 unspecified atom stereocenters. The van der Waals surface area contributed by atoms with E-state index in [1.54, 1.807) is 6.20 Å². The Kier molecular flexibility index (Phi) is 4.86. The molecule has 1 aromatic carbocycles.